The molecule has 0 aliphatic rings. The number of hydrogen-bond donors (Lipinski definition) is 1. The lowest BCUT2D eigenvalue weighted by Gasteiger charge is -2.08. The first-order valence-electron chi connectivity index (χ1n) is 5.83. The van der Waals surface area contributed by atoms with E-state index in [0.29, 0.717) is 19.1 Å². The molecule has 0 bridgehead atoms. The van der Waals surface area contributed by atoms with Crippen LogP contribution in [0.25, 0.3) is 0 Å². The van der Waals surface area contributed by atoms with Gasteiger partial charge in [-0.15, -0.1) is 0 Å². The Bertz CT molecular complexity index is 265. The predicted molar refractivity (Wildman–Crippen MR) is 66.2 cm³/mol. The van der Waals surface area contributed by atoms with Crippen molar-refractivity contribution in [1.82, 2.24) is 5.32 Å². The molecule has 104 valence electrons. The quantitative estimate of drug-likeness (QED) is 0.381. The van der Waals surface area contributed by atoms with E-state index in [-0.39, 0.29) is 19.8 Å². The summed E-state index contributed by atoms with van der Waals surface area (Å²) in [6.45, 7) is 8.82. The van der Waals surface area contributed by atoms with Crippen molar-refractivity contribution >= 4 is 12.1 Å². The van der Waals surface area contributed by atoms with Gasteiger partial charge in [-0.05, 0) is 5.92 Å². The molecule has 0 fully saturated rings. The molecule has 0 rings (SSSR count). The highest BCUT2D eigenvalue weighted by Gasteiger charge is 2.02. The molecular weight excluding hydrogens is 238 g/mol. The Balaban J connectivity index is 3.32. The van der Waals surface area contributed by atoms with Crippen LogP contribution in [0, 0.1) is 5.92 Å². The van der Waals surface area contributed by atoms with E-state index in [1.807, 2.05) is 13.8 Å². The third-order valence-corrected chi connectivity index (χ3v) is 1.69. The molecule has 1 amide bonds. The van der Waals surface area contributed by atoms with Gasteiger partial charge < -0.3 is 19.5 Å². The van der Waals surface area contributed by atoms with Crippen molar-refractivity contribution in [3.8, 4) is 0 Å². The highest BCUT2D eigenvalue weighted by Crippen LogP contribution is 1.91. The fraction of sp³-hybridized carbons (Fsp3) is 0.667. The van der Waals surface area contributed by atoms with Gasteiger partial charge in [0.05, 0.1) is 13.2 Å². The molecule has 6 nitrogen and oxygen atoms in total. The smallest absolute Gasteiger partial charge is 0.407 e. The average molecular weight is 259 g/mol. The third-order valence-electron chi connectivity index (χ3n) is 1.69. The third kappa shape index (κ3) is 10.9. The van der Waals surface area contributed by atoms with Crippen LogP contribution in [-0.2, 0) is 19.0 Å². The molecule has 0 aromatic rings. The normalized spacial score (nSPS) is 9.94. The second kappa shape index (κ2) is 10.6. The molecule has 0 aliphatic heterocycles. The van der Waals surface area contributed by atoms with Gasteiger partial charge in [0.1, 0.15) is 13.2 Å². The number of carbonyl (C=O) groups excluding carboxylic acids is 2. The molecule has 1 N–H and O–H groups in total. The van der Waals surface area contributed by atoms with Gasteiger partial charge in [0.2, 0.25) is 0 Å². The van der Waals surface area contributed by atoms with Crippen LogP contribution in [0.1, 0.15) is 13.8 Å². The van der Waals surface area contributed by atoms with Crippen molar-refractivity contribution in [3.63, 3.8) is 0 Å². The van der Waals surface area contributed by atoms with Gasteiger partial charge in [0.15, 0.2) is 0 Å². The summed E-state index contributed by atoms with van der Waals surface area (Å²) in [5, 5.41) is 2.43. The van der Waals surface area contributed by atoms with Crippen molar-refractivity contribution < 1.29 is 23.8 Å². The minimum absolute atomic E-state index is 0.0871. The highest BCUT2D eigenvalue weighted by atomic mass is 16.6. The molecule has 0 aromatic heterocycles. The number of ether oxygens (including phenoxy) is 3. The van der Waals surface area contributed by atoms with Crippen LogP contribution in [0.15, 0.2) is 12.7 Å². The van der Waals surface area contributed by atoms with Crippen LogP contribution in [0.2, 0.25) is 0 Å². The number of hydrogen-bond acceptors (Lipinski definition) is 5. The van der Waals surface area contributed by atoms with E-state index in [9.17, 15) is 9.59 Å². The first kappa shape index (κ1) is 16.4. The maximum atomic E-state index is 11.1. The zero-order chi connectivity index (χ0) is 13.8. The molecule has 18 heavy (non-hydrogen) atoms. The lowest BCUT2D eigenvalue weighted by molar-refractivity contribution is -0.137. The second-order valence-corrected chi connectivity index (χ2v) is 3.90. The molecule has 0 aromatic carbocycles. The van der Waals surface area contributed by atoms with Crippen LogP contribution in [0.3, 0.4) is 0 Å². The summed E-state index contributed by atoms with van der Waals surface area (Å²) < 4.78 is 14.7. The summed E-state index contributed by atoms with van der Waals surface area (Å²) in [7, 11) is 0. The maximum absolute atomic E-state index is 11.1. The number of esters is 1. The van der Waals surface area contributed by atoms with Crippen LogP contribution < -0.4 is 5.32 Å². The standard InChI is InChI=1S/C12H21NO5/c1-4-11(14)17-6-5-13-12(15)18-8-7-16-9-10(2)3/h4,10H,1,5-9H2,2-3H3,(H,13,15). The number of alkyl carbamates (subject to hydrolysis) is 1. The Kier molecular flexibility index (Phi) is 9.67. The van der Waals surface area contributed by atoms with Crippen molar-refractivity contribution in [2.24, 2.45) is 5.92 Å². The average Bonchev–Trinajstić information content (AvgIpc) is 2.33. The maximum Gasteiger partial charge on any atom is 0.407 e. The fourth-order valence-electron chi connectivity index (χ4n) is 0.927. The molecule has 0 unspecified atom stereocenters. The molecule has 0 spiro atoms. The summed E-state index contributed by atoms with van der Waals surface area (Å²) in [4.78, 5) is 21.8. The summed E-state index contributed by atoms with van der Waals surface area (Å²) in [5.74, 6) is -0.0642. The predicted octanol–water partition coefficient (Wildman–Crippen LogP) is 1.11. The number of carbonyl (C=O) groups is 2. The first-order valence-corrected chi connectivity index (χ1v) is 5.83. The summed E-state index contributed by atoms with van der Waals surface area (Å²) >= 11 is 0. The summed E-state index contributed by atoms with van der Waals surface area (Å²) in [6.07, 6.45) is 0.502. The minimum atomic E-state index is -0.558. The van der Waals surface area contributed by atoms with Crippen molar-refractivity contribution in [2.75, 3.05) is 33.0 Å². The fourth-order valence-corrected chi connectivity index (χ4v) is 0.927. The van der Waals surface area contributed by atoms with E-state index in [2.05, 4.69) is 16.6 Å². The lowest BCUT2D eigenvalue weighted by Crippen LogP contribution is -2.29. The van der Waals surface area contributed by atoms with Gasteiger partial charge in [0, 0.05) is 12.7 Å². The van der Waals surface area contributed by atoms with E-state index in [4.69, 9.17) is 9.47 Å². The van der Waals surface area contributed by atoms with E-state index in [1.54, 1.807) is 0 Å². The SMILES string of the molecule is C=CC(=O)OCCNC(=O)OCCOCC(C)C. The Morgan fingerprint density at radius 3 is 2.56 bits per heavy atom. The molecule has 0 radical (unpaired) electrons. The lowest BCUT2D eigenvalue weighted by atomic mass is 10.2. The number of amides is 1. The summed E-state index contributed by atoms with van der Waals surface area (Å²) in [6, 6.07) is 0. The number of nitrogens with one attached hydrogen (secondary N) is 1. The Morgan fingerprint density at radius 2 is 1.94 bits per heavy atom. The molecule has 0 saturated carbocycles. The van der Waals surface area contributed by atoms with Crippen LogP contribution in [0.5, 0.6) is 0 Å². The summed E-state index contributed by atoms with van der Waals surface area (Å²) in [5.41, 5.74) is 0. The molecule has 0 atom stereocenters. The zero-order valence-electron chi connectivity index (χ0n) is 10.9. The van der Waals surface area contributed by atoms with Gasteiger partial charge in [-0.2, -0.15) is 0 Å². The molecule has 0 saturated heterocycles. The first-order chi connectivity index (χ1) is 8.56. The van der Waals surface area contributed by atoms with Gasteiger partial charge in [0.25, 0.3) is 0 Å². The Labute approximate surface area is 107 Å². The second-order valence-electron chi connectivity index (χ2n) is 3.90. The monoisotopic (exact) mass is 259 g/mol. The van der Waals surface area contributed by atoms with Gasteiger partial charge in [-0.25, -0.2) is 9.59 Å². The van der Waals surface area contributed by atoms with E-state index in [0.717, 1.165) is 6.08 Å². The van der Waals surface area contributed by atoms with Gasteiger partial charge in [-0.3, -0.25) is 0 Å². The van der Waals surface area contributed by atoms with E-state index < -0.39 is 12.1 Å². The number of rotatable bonds is 9. The largest absolute Gasteiger partial charge is 0.461 e. The van der Waals surface area contributed by atoms with Gasteiger partial charge >= 0.3 is 12.1 Å². The van der Waals surface area contributed by atoms with E-state index in [1.165, 1.54) is 0 Å². The van der Waals surface area contributed by atoms with Crippen LogP contribution in [0.4, 0.5) is 4.79 Å². The zero-order valence-corrected chi connectivity index (χ0v) is 10.9. The molecule has 6 heteroatoms. The Hall–Kier alpha value is -1.56. The van der Waals surface area contributed by atoms with Crippen LogP contribution in [-0.4, -0.2) is 45.0 Å². The Morgan fingerprint density at radius 1 is 1.22 bits per heavy atom. The van der Waals surface area contributed by atoms with Crippen molar-refractivity contribution in [2.45, 2.75) is 13.8 Å². The van der Waals surface area contributed by atoms with E-state index >= 15 is 0 Å². The van der Waals surface area contributed by atoms with Crippen molar-refractivity contribution in [3.05, 3.63) is 12.7 Å². The topological polar surface area (TPSA) is 73.9 Å². The highest BCUT2D eigenvalue weighted by molar-refractivity contribution is 5.81. The van der Waals surface area contributed by atoms with Crippen LogP contribution >= 0.6 is 0 Å². The minimum Gasteiger partial charge on any atom is -0.461 e. The molecule has 0 heterocycles. The molecular formula is C12H21NO5. The molecule has 0 aliphatic carbocycles. The van der Waals surface area contributed by atoms with Gasteiger partial charge in [-0.1, -0.05) is 20.4 Å². The van der Waals surface area contributed by atoms with Crippen molar-refractivity contribution in [1.29, 1.82) is 0 Å².